The fourth-order valence-corrected chi connectivity index (χ4v) is 2.30. The van der Waals surface area contributed by atoms with Crippen LogP contribution in [0.5, 0.6) is 5.75 Å². The van der Waals surface area contributed by atoms with Crippen molar-refractivity contribution in [2.45, 2.75) is 0 Å². The first-order valence-corrected chi connectivity index (χ1v) is 6.46. The van der Waals surface area contributed by atoms with Gasteiger partial charge in [0.2, 0.25) is 0 Å². The Morgan fingerprint density at radius 3 is 2.30 bits per heavy atom. The van der Waals surface area contributed by atoms with E-state index < -0.39 is 0 Å². The molecule has 20 heavy (non-hydrogen) atoms. The molecule has 3 nitrogen and oxygen atoms in total. The molecule has 0 aromatic heterocycles. The minimum absolute atomic E-state index is 0.820. The average molecular weight is 264 g/mol. The molecule has 0 saturated carbocycles. The first kappa shape index (κ1) is 12.5. The number of hydrazine groups is 1. The predicted octanol–water partition coefficient (Wildman–Crippen LogP) is 3.86. The van der Waals surface area contributed by atoms with Crippen LogP contribution in [-0.2, 0) is 0 Å². The zero-order chi connectivity index (χ0) is 13.9. The molecule has 0 bridgehead atoms. The first-order valence-electron chi connectivity index (χ1n) is 6.46. The van der Waals surface area contributed by atoms with Gasteiger partial charge in [-0.15, -0.1) is 0 Å². The summed E-state index contributed by atoms with van der Waals surface area (Å²) in [7, 11) is 1.65. The number of hydrogen-bond acceptors (Lipinski definition) is 3. The molecule has 3 aromatic rings. The van der Waals surface area contributed by atoms with Crippen LogP contribution < -0.4 is 15.6 Å². The summed E-state index contributed by atoms with van der Waals surface area (Å²) in [5.41, 5.74) is 1.90. The van der Waals surface area contributed by atoms with Crippen LogP contribution in [0.4, 0.5) is 11.4 Å². The van der Waals surface area contributed by atoms with Gasteiger partial charge in [-0.1, -0.05) is 36.4 Å². The number of methoxy groups -OCH3 is 1. The second kappa shape index (κ2) is 5.23. The lowest BCUT2D eigenvalue weighted by Gasteiger charge is -2.21. The fraction of sp³-hybridized carbons (Fsp3) is 0.0588. The van der Waals surface area contributed by atoms with Gasteiger partial charge in [0.25, 0.3) is 0 Å². The molecule has 0 aliphatic carbocycles. The molecule has 3 rings (SSSR count). The molecular formula is C17H16N2O. The summed E-state index contributed by atoms with van der Waals surface area (Å²) in [5, 5.41) is 4.00. The molecule has 0 unspecified atom stereocenters. The third kappa shape index (κ3) is 2.19. The van der Waals surface area contributed by atoms with Crippen molar-refractivity contribution in [1.82, 2.24) is 0 Å². The van der Waals surface area contributed by atoms with Crippen molar-refractivity contribution in [3.8, 4) is 5.75 Å². The Balaban J connectivity index is 2.05. The number of fused-ring (bicyclic) bond motifs is 1. The van der Waals surface area contributed by atoms with Crippen molar-refractivity contribution >= 4 is 22.1 Å². The lowest BCUT2D eigenvalue weighted by molar-refractivity contribution is 0.415. The number of ether oxygens (including phenoxy) is 1. The molecule has 0 heterocycles. The number of hydrogen-bond donors (Lipinski definition) is 1. The summed E-state index contributed by atoms with van der Waals surface area (Å²) in [5.74, 6) is 7.09. The van der Waals surface area contributed by atoms with E-state index in [1.165, 1.54) is 5.39 Å². The van der Waals surface area contributed by atoms with E-state index in [2.05, 4.69) is 18.2 Å². The van der Waals surface area contributed by atoms with Gasteiger partial charge in [-0.3, -0.25) is 5.01 Å². The van der Waals surface area contributed by atoms with Crippen LogP contribution in [-0.4, -0.2) is 7.11 Å². The van der Waals surface area contributed by atoms with Crippen LogP contribution >= 0.6 is 0 Å². The second-order valence-electron chi connectivity index (χ2n) is 4.57. The number of anilines is 2. The van der Waals surface area contributed by atoms with Crippen molar-refractivity contribution in [3.05, 3.63) is 66.7 Å². The van der Waals surface area contributed by atoms with Crippen LogP contribution in [0.2, 0.25) is 0 Å². The Hall–Kier alpha value is -2.52. The molecular weight excluding hydrogens is 248 g/mol. The standard InChI is InChI=1S/C17H16N2O/c1-20-15-11-9-14(10-12-15)19(18)17-8-4-6-13-5-2-3-7-16(13)17/h2-12H,18H2,1H3. The van der Waals surface area contributed by atoms with Crippen molar-refractivity contribution in [1.29, 1.82) is 0 Å². The van der Waals surface area contributed by atoms with Crippen molar-refractivity contribution in [2.24, 2.45) is 5.84 Å². The van der Waals surface area contributed by atoms with Crippen molar-refractivity contribution in [3.63, 3.8) is 0 Å². The lowest BCUT2D eigenvalue weighted by atomic mass is 10.1. The van der Waals surface area contributed by atoms with Crippen LogP contribution in [0.3, 0.4) is 0 Å². The number of benzene rings is 3. The summed E-state index contributed by atoms with van der Waals surface area (Å²) in [6.45, 7) is 0. The summed E-state index contributed by atoms with van der Waals surface area (Å²) in [4.78, 5) is 0. The van der Waals surface area contributed by atoms with Crippen LogP contribution in [0.1, 0.15) is 0 Å². The molecule has 0 aliphatic rings. The zero-order valence-electron chi connectivity index (χ0n) is 11.3. The van der Waals surface area contributed by atoms with E-state index in [1.54, 1.807) is 12.1 Å². The topological polar surface area (TPSA) is 38.5 Å². The molecule has 3 aromatic carbocycles. The molecule has 0 radical (unpaired) electrons. The fourth-order valence-electron chi connectivity index (χ4n) is 2.30. The number of nitrogens with two attached hydrogens (primary N) is 1. The Bertz CT molecular complexity index is 717. The molecule has 0 fully saturated rings. The average Bonchev–Trinajstić information content (AvgIpc) is 2.54. The van der Waals surface area contributed by atoms with E-state index in [9.17, 15) is 0 Å². The molecule has 0 spiro atoms. The van der Waals surface area contributed by atoms with Crippen LogP contribution in [0.25, 0.3) is 10.8 Å². The third-order valence-electron chi connectivity index (χ3n) is 3.38. The maximum atomic E-state index is 6.27. The van der Waals surface area contributed by atoms with Gasteiger partial charge in [0.1, 0.15) is 5.75 Å². The molecule has 0 aliphatic heterocycles. The lowest BCUT2D eigenvalue weighted by Crippen LogP contribution is -2.24. The van der Waals surface area contributed by atoms with E-state index >= 15 is 0 Å². The maximum absolute atomic E-state index is 6.27. The van der Waals surface area contributed by atoms with Gasteiger partial charge in [0.05, 0.1) is 18.5 Å². The smallest absolute Gasteiger partial charge is 0.119 e. The Morgan fingerprint density at radius 1 is 0.850 bits per heavy atom. The van der Waals surface area contributed by atoms with Gasteiger partial charge in [-0.25, -0.2) is 5.84 Å². The minimum atomic E-state index is 0.820. The van der Waals surface area contributed by atoms with Gasteiger partial charge in [-0.05, 0) is 35.7 Å². The van der Waals surface area contributed by atoms with E-state index in [1.807, 2.05) is 48.5 Å². The number of nitrogens with zero attached hydrogens (tertiary/aromatic N) is 1. The quantitative estimate of drug-likeness (QED) is 0.576. The molecule has 0 saturated heterocycles. The highest BCUT2D eigenvalue weighted by Gasteiger charge is 2.08. The predicted molar refractivity (Wildman–Crippen MR) is 83.3 cm³/mol. The van der Waals surface area contributed by atoms with E-state index in [0.717, 1.165) is 22.5 Å². The van der Waals surface area contributed by atoms with Crippen LogP contribution in [0, 0.1) is 0 Å². The van der Waals surface area contributed by atoms with Gasteiger partial charge in [0.15, 0.2) is 0 Å². The first-order chi connectivity index (χ1) is 9.79. The maximum Gasteiger partial charge on any atom is 0.119 e. The van der Waals surface area contributed by atoms with E-state index in [0.29, 0.717) is 0 Å². The monoisotopic (exact) mass is 264 g/mol. The third-order valence-corrected chi connectivity index (χ3v) is 3.38. The molecule has 0 atom stereocenters. The Morgan fingerprint density at radius 2 is 1.55 bits per heavy atom. The van der Waals surface area contributed by atoms with Crippen molar-refractivity contribution < 1.29 is 4.74 Å². The zero-order valence-corrected chi connectivity index (χ0v) is 11.3. The van der Waals surface area contributed by atoms with Crippen molar-refractivity contribution in [2.75, 3.05) is 12.1 Å². The number of rotatable bonds is 3. The summed E-state index contributed by atoms with van der Waals surface area (Å²) >= 11 is 0. The summed E-state index contributed by atoms with van der Waals surface area (Å²) in [6.07, 6.45) is 0. The molecule has 3 heteroatoms. The SMILES string of the molecule is COc1ccc(N(N)c2cccc3ccccc23)cc1. The van der Waals surface area contributed by atoms with E-state index in [-0.39, 0.29) is 0 Å². The molecule has 2 N–H and O–H groups in total. The molecule has 100 valence electrons. The highest BCUT2D eigenvalue weighted by Crippen LogP contribution is 2.30. The normalized spacial score (nSPS) is 10.5. The minimum Gasteiger partial charge on any atom is -0.497 e. The highest BCUT2D eigenvalue weighted by atomic mass is 16.5. The second-order valence-corrected chi connectivity index (χ2v) is 4.57. The van der Waals surface area contributed by atoms with Gasteiger partial charge in [-0.2, -0.15) is 0 Å². The summed E-state index contributed by atoms with van der Waals surface area (Å²) in [6, 6.07) is 22.0. The van der Waals surface area contributed by atoms with Gasteiger partial charge >= 0.3 is 0 Å². The largest absolute Gasteiger partial charge is 0.497 e. The van der Waals surface area contributed by atoms with E-state index in [4.69, 9.17) is 10.6 Å². The Labute approximate surface area is 118 Å². The van der Waals surface area contributed by atoms with Gasteiger partial charge in [0, 0.05) is 5.39 Å². The summed E-state index contributed by atoms with van der Waals surface area (Å²) < 4.78 is 5.17. The Kier molecular flexibility index (Phi) is 3.27. The van der Waals surface area contributed by atoms with Crippen LogP contribution in [0.15, 0.2) is 66.7 Å². The molecule has 0 amide bonds. The highest BCUT2D eigenvalue weighted by molar-refractivity contribution is 5.95. The van der Waals surface area contributed by atoms with Gasteiger partial charge < -0.3 is 4.74 Å².